The van der Waals surface area contributed by atoms with Crippen molar-refractivity contribution in [2.24, 2.45) is 0 Å². The van der Waals surface area contributed by atoms with Crippen LogP contribution in [-0.2, 0) is 13.0 Å². The Bertz CT molecular complexity index is 1330. The first kappa shape index (κ1) is 20.6. The molecule has 5 aromatic rings. The van der Waals surface area contributed by atoms with Crippen molar-refractivity contribution >= 4 is 33.5 Å². The number of halogens is 1. The van der Waals surface area contributed by atoms with Gasteiger partial charge in [-0.25, -0.2) is 9.37 Å². The molecule has 0 radical (unpaired) electrons. The van der Waals surface area contributed by atoms with E-state index in [1.807, 2.05) is 58.9 Å². The van der Waals surface area contributed by atoms with E-state index in [0.717, 1.165) is 32.4 Å². The molecular formula is C25H20FN3OS2. The maximum Gasteiger partial charge on any atom is 0.264 e. The molecule has 0 saturated carbocycles. The molecule has 0 aliphatic heterocycles. The molecular weight excluding hydrogens is 441 g/mol. The molecule has 7 heteroatoms. The zero-order chi connectivity index (χ0) is 21.9. The number of benzene rings is 2. The predicted octanol–water partition coefficient (Wildman–Crippen LogP) is 6.15. The van der Waals surface area contributed by atoms with Crippen LogP contribution in [-0.4, -0.2) is 26.7 Å². The number of amides is 1. The molecule has 2 aromatic carbocycles. The third-order valence-electron chi connectivity index (χ3n) is 5.30. The highest BCUT2D eigenvalue weighted by molar-refractivity contribution is 7.15. The Kier molecular flexibility index (Phi) is 5.83. The van der Waals surface area contributed by atoms with Gasteiger partial charge in [-0.15, -0.1) is 22.7 Å². The van der Waals surface area contributed by atoms with Gasteiger partial charge in [0.2, 0.25) is 0 Å². The second-order valence-electron chi connectivity index (χ2n) is 7.45. The van der Waals surface area contributed by atoms with Gasteiger partial charge >= 0.3 is 0 Å². The third kappa shape index (κ3) is 4.35. The Hall–Kier alpha value is -3.29. The van der Waals surface area contributed by atoms with E-state index in [-0.39, 0.29) is 11.7 Å². The normalized spacial score (nSPS) is 11.2. The number of thiophene rings is 1. The average Bonchev–Trinajstić information content (AvgIpc) is 3.56. The molecule has 3 heterocycles. The highest BCUT2D eigenvalue weighted by Gasteiger charge is 2.18. The van der Waals surface area contributed by atoms with Crippen molar-refractivity contribution in [1.29, 1.82) is 0 Å². The Morgan fingerprint density at radius 1 is 1.00 bits per heavy atom. The van der Waals surface area contributed by atoms with E-state index in [2.05, 4.69) is 14.8 Å². The molecule has 0 bridgehead atoms. The van der Waals surface area contributed by atoms with Gasteiger partial charge < -0.3 is 4.90 Å². The van der Waals surface area contributed by atoms with E-state index < -0.39 is 0 Å². The second kappa shape index (κ2) is 9.06. The molecule has 160 valence electrons. The molecule has 32 heavy (non-hydrogen) atoms. The number of nitrogens with zero attached hydrogens (tertiary/aromatic N) is 3. The Balaban J connectivity index is 1.37. The van der Waals surface area contributed by atoms with Crippen LogP contribution < -0.4 is 0 Å². The van der Waals surface area contributed by atoms with Gasteiger partial charge in [-0.1, -0.05) is 36.4 Å². The number of imidazole rings is 1. The van der Waals surface area contributed by atoms with Gasteiger partial charge in [-0.2, -0.15) is 0 Å². The van der Waals surface area contributed by atoms with Crippen molar-refractivity contribution in [3.63, 3.8) is 0 Å². The first-order valence-corrected chi connectivity index (χ1v) is 12.0. The van der Waals surface area contributed by atoms with E-state index in [1.165, 1.54) is 23.5 Å². The van der Waals surface area contributed by atoms with E-state index in [0.29, 0.717) is 19.5 Å². The highest BCUT2D eigenvalue weighted by Crippen LogP contribution is 2.25. The van der Waals surface area contributed by atoms with Gasteiger partial charge in [-0.3, -0.25) is 9.20 Å². The lowest BCUT2D eigenvalue weighted by Gasteiger charge is -2.22. The minimum Gasteiger partial charge on any atom is -0.333 e. The molecule has 0 N–H and O–H groups in total. The molecule has 0 fully saturated rings. The van der Waals surface area contributed by atoms with Crippen LogP contribution in [0, 0.1) is 5.82 Å². The summed E-state index contributed by atoms with van der Waals surface area (Å²) >= 11 is 3.04. The summed E-state index contributed by atoms with van der Waals surface area (Å²) in [6, 6.07) is 20.2. The number of carbonyl (C=O) groups excluding carboxylic acids is 1. The Labute approximate surface area is 193 Å². The minimum absolute atomic E-state index is 0.0490. The summed E-state index contributed by atoms with van der Waals surface area (Å²) < 4.78 is 15.3. The van der Waals surface area contributed by atoms with Gasteiger partial charge in [0.15, 0.2) is 4.96 Å². The summed E-state index contributed by atoms with van der Waals surface area (Å²) in [5.74, 6) is -0.211. The van der Waals surface area contributed by atoms with E-state index in [1.54, 1.807) is 23.5 Å². The van der Waals surface area contributed by atoms with Crippen LogP contribution in [0.3, 0.4) is 0 Å². The summed E-state index contributed by atoms with van der Waals surface area (Å²) in [6.45, 7) is 1.16. The van der Waals surface area contributed by atoms with Crippen molar-refractivity contribution < 1.29 is 9.18 Å². The third-order valence-corrected chi connectivity index (χ3v) is 7.04. The van der Waals surface area contributed by atoms with Crippen LogP contribution >= 0.6 is 22.7 Å². The first-order chi connectivity index (χ1) is 15.7. The number of aromatic nitrogens is 2. The minimum atomic E-state index is -0.260. The summed E-state index contributed by atoms with van der Waals surface area (Å²) in [5, 5.41) is 4.02. The smallest absolute Gasteiger partial charge is 0.264 e. The molecule has 0 spiro atoms. The summed E-state index contributed by atoms with van der Waals surface area (Å²) in [7, 11) is 0. The summed E-state index contributed by atoms with van der Waals surface area (Å²) in [4.78, 5) is 21.4. The fraction of sp³-hybridized carbons (Fsp3) is 0.120. The van der Waals surface area contributed by atoms with E-state index in [4.69, 9.17) is 0 Å². The molecule has 0 atom stereocenters. The van der Waals surface area contributed by atoms with E-state index in [9.17, 15) is 9.18 Å². The molecule has 5 rings (SSSR count). The van der Waals surface area contributed by atoms with Crippen LogP contribution in [0.5, 0.6) is 0 Å². The van der Waals surface area contributed by atoms with Crippen LogP contribution in [0.4, 0.5) is 4.39 Å². The number of hydrogen-bond donors (Lipinski definition) is 0. The average molecular weight is 462 g/mol. The van der Waals surface area contributed by atoms with Crippen molar-refractivity contribution in [2.45, 2.75) is 13.0 Å². The van der Waals surface area contributed by atoms with Crippen LogP contribution in [0.1, 0.15) is 20.9 Å². The van der Waals surface area contributed by atoms with E-state index >= 15 is 0 Å². The number of hydrogen-bond acceptors (Lipinski definition) is 4. The Morgan fingerprint density at radius 3 is 2.56 bits per heavy atom. The lowest BCUT2D eigenvalue weighted by Crippen LogP contribution is -2.32. The molecule has 0 unspecified atom stereocenters. The fourth-order valence-electron chi connectivity index (χ4n) is 3.63. The topological polar surface area (TPSA) is 37.6 Å². The monoisotopic (exact) mass is 461 g/mol. The first-order valence-electron chi connectivity index (χ1n) is 10.3. The van der Waals surface area contributed by atoms with Crippen molar-refractivity contribution in [3.05, 3.63) is 106 Å². The van der Waals surface area contributed by atoms with Crippen LogP contribution in [0.15, 0.2) is 83.7 Å². The summed E-state index contributed by atoms with van der Waals surface area (Å²) in [5.41, 5.74) is 3.90. The molecule has 3 aromatic heterocycles. The zero-order valence-electron chi connectivity index (χ0n) is 17.1. The Morgan fingerprint density at radius 2 is 1.81 bits per heavy atom. The fourth-order valence-corrected chi connectivity index (χ4v) is 5.23. The molecule has 0 aliphatic carbocycles. The van der Waals surface area contributed by atoms with Crippen molar-refractivity contribution in [1.82, 2.24) is 14.3 Å². The van der Waals surface area contributed by atoms with Crippen LogP contribution in [0.2, 0.25) is 0 Å². The molecule has 1 amide bonds. The maximum atomic E-state index is 13.3. The maximum absolute atomic E-state index is 13.3. The number of thiazole rings is 1. The molecule has 0 saturated heterocycles. The SMILES string of the molecule is O=C(c1cccs1)N(CCc1csc2nc(-c3ccc(F)cc3)cn12)Cc1ccccc1. The quantitative estimate of drug-likeness (QED) is 0.292. The number of carbonyl (C=O) groups is 1. The van der Waals surface area contributed by atoms with Crippen LogP contribution in [0.25, 0.3) is 16.2 Å². The van der Waals surface area contributed by atoms with Gasteiger partial charge in [0.05, 0.1) is 10.6 Å². The second-order valence-corrected chi connectivity index (χ2v) is 9.24. The van der Waals surface area contributed by atoms with Gasteiger partial charge in [0.1, 0.15) is 5.82 Å². The lowest BCUT2D eigenvalue weighted by atomic mass is 10.2. The highest BCUT2D eigenvalue weighted by atomic mass is 32.1. The number of fused-ring (bicyclic) bond motifs is 1. The van der Waals surface area contributed by atoms with Gasteiger partial charge in [0, 0.05) is 42.3 Å². The zero-order valence-corrected chi connectivity index (χ0v) is 18.8. The van der Waals surface area contributed by atoms with Gasteiger partial charge in [0.25, 0.3) is 5.91 Å². The largest absolute Gasteiger partial charge is 0.333 e. The lowest BCUT2D eigenvalue weighted by molar-refractivity contribution is 0.0749. The van der Waals surface area contributed by atoms with Gasteiger partial charge in [-0.05, 0) is 41.3 Å². The standard InChI is InChI=1S/C25H20FN3OS2/c26-20-10-8-19(9-11-20)22-16-29-21(17-32-25(29)27-22)12-13-28(15-18-5-2-1-3-6-18)24(30)23-7-4-14-31-23/h1-11,14,16-17H,12-13,15H2. The predicted molar refractivity (Wildman–Crippen MR) is 128 cm³/mol. The van der Waals surface area contributed by atoms with Crippen molar-refractivity contribution in [3.8, 4) is 11.3 Å². The summed E-state index contributed by atoms with van der Waals surface area (Å²) in [6.07, 6.45) is 2.69. The molecule has 4 nitrogen and oxygen atoms in total. The number of rotatable bonds is 7. The molecule has 0 aliphatic rings. The van der Waals surface area contributed by atoms with Crippen molar-refractivity contribution in [2.75, 3.05) is 6.54 Å².